The first-order valence-electron chi connectivity index (χ1n) is 12.1. The maximum atomic E-state index is 13.6. The molecule has 1 fully saturated rings. The van der Waals surface area contributed by atoms with Gasteiger partial charge in [0, 0.05) is 67.7 Å². The van der Waals surface area contributed by atoms with E-state index in [1.54, 1.807) is 6.07 Å². The molecule has 184 valence electrons. The number of aromatic nitrogens is 1. The Hall–Kier alpha value is -3.07. The molecule has 1 aromatic heterocycles. The number of anilines is 1. The fraction of sp³-hybridized carbons (Fsp3) is 0.407. The Labute approximate surface area is 205 Å². The van der Waals surface area contributed by atoms with Crippen molar-refractivity contribution in [1.82, 2.24) is 15.2 Å². The van der Waals surface area contributed by atoms with Gasteiger partial charge in [0.2, 0.25) is 0 Å². The lowest BCUT2D eigenvalue weighted by molar-refractivity contribution is -0.111. The maximum Gasteiger partial charge on any atom is 0.260 e. The summed E-state index contributed by atoms with van der Waals surface area (Å²) in [7, 11) is 0. The predicted octanol–water partition coefficient (Wildman–Crippen LogP) is 3.24. The Kier molecular flexibility index (Phi) is 6.69. The highest BCUT2D eigenvalue weighted by Crippen LogP contribution is 2.44. The second kappa shape index (κ2) is 9.89. The van der Waals surface area contributed by atoms with Crippen molar-refractivity contribution in [1.29, 1.82) is 0 Å². The van der Waals surface area contributed by atoms with Gasteiger partial charge in [0.1, 0.15) is 17.2 Å². The van der Waals surface area contributed by atoms with Crippen LogP contribution in [0.1, 0.15) is 30.7 Å². The molecule has 2 N–H and O–H groups in total. The first kappa shape index (κ1) is 23.7. The zero-order chi connectivity index (χ0) is 24.4. The van der Waals surface area contributed by atoms with Crippen molar-refractivity contribution in [3.8, 4) is 0 Å². The van der Waals surface area contributed by atoms with Gasteiger partial charge >= 0.3 is 0 Å². The highest BCUT2D eigenvalue weighted by Gasteiger charge is 2.38. The summed E-state index contributed by atoms with van der Waals surface area (Å²) in [4.78, 5) is 19.7. The maximum absolute atomic E-state index is 13.6. The number of amides is 1. The van der Waals surface area contributed by atoms with Crippen LogP contribution in [0.4, 0.5) is 10.1 Å². The third-order valence-corrected chi connectivity index (χ3v) is 6.66. The van der Waals surface area contributed by atoms with Gasteiger partial charge in [-0.2, -0.15) is 0 Å². The van der Waals surface area contributed by atoms with Gasteiger partial charge in [-0.25, -0.2) is 4.39 Å². The van der Waals surface area contributed by atoms with Crippen molar-refractivity contribution in [2.24, 2.45) is 0 Å². The second-order valence-electron chi connectivity index (χ2n) is 9.55. The van der Waals surface area contributed by atoms with Crippen molar-refractivity contribution in [3.05, 3.63) is 71.0 Å². The summed E-state index contributed by atoms with van der Waals surface area (Å²) in [6.45, 7) is 10.5. The van der Waals surface area contributed by atoms with E-state index < -0.39 is 11.4 Å². The summed E-state index contributed by atoms with van der Waals surface area (Å²) in [5.41, 5.74) is 3.83. The number of benzene rings is 1. The molecule has 0 radical (unpaired) electrons. The summed E-state index contributed by atoms with van der Waals surface area (Å²) in [6, 6.07) is 8.38. The van der Waals surface area contributed by atoms with E-state index in [1.807, 2.05) is 32.2 Å². The number of halogens is 1. The van der Waals surface area contributed by atoms with Crippen molar-refractivity contribution in [3.63, 3.8) is 0 Å². The molecule has 5 rings (SSSR count). The fourth-order valence-corrected chi connectivity index (χ4v) is 4.74. The number of hydrogen-bond acceptors (Lipinski definition) is 6. The molecule has 1 aromatic carbocycles. The first-order chi connectivity index (χ1) is 16.9. The Bertz CT molecular complexity index is 1170. The summed E-state index contributed by atoms with van der Waals surface area (Å²) >= 11 is 0. The SMILES string of the molecule is CC1(C)OC(=C2C(=O)Nc3cc(F)ccc32)C=C1c1ccc(CCNCCN2CCOCC2)nc1. The minimum Gasteiger partial charge on any atom is -0.482 e. The summed E-state index contributed by atoms with van der Waals surface area (Å²) in [5, 5.41) is 6.22. The number of nitrogens with one attached hydrogen (secondary N) is 2. The van der Waals surface area contributed by atoms with E-state index in [9.17, 15) is 9.18 Å². The Morgan fingerprint density at radius 1 is 1.17 bits per heavy atom. The quantitative estimate of drug-likeness (QED) is 0.470. The summed E-state index contributed by atoms with van der Waals surface area (Å²) in [6.07, 6.45) is 4.62. The monoisotopic (exact) mass is 478 g/mol. The number of morpholine rings is 1. The molecular weight excluding hydrogens is 447 g/mol. The number of pyridine rings is 1. The summed E-state index contributed by atoms with van der Waals surface area (Å²) < 4.78 is 25.2. The molecule has 8 heteroatoms. The molecule has 2 aromatic rings. The van der Waals surface area contributed by atoms with Gasteiger partial charge in [-0.05, 0) is 44.2 Å². The van der Waals surface area contributed by atoms with E-state index in [0.717, 1.165) is 69.2 Å². The van der Waals surface area contributed by atoms with Gasteiger partial charge in [0.25, 0.3) is 5.91 Å². The van der Waals surface area contributed by atoms with E-state index in [-0.39, 0.29) is 5.91 Å². The number of hydrogen-bond donors (Lipinski definition) is 2. The normalized spacial score (nSPS) is 21.5. The van der Waals surface area contributed by atoms with Crippen LogP contribution >= 0.6 is 0 Å². The minimum atomic E-state index is -0.629. The van der Waals surface area contributed by atoms with E-state index in [4.69, 9.17) is 9.47 Å². The molecule has 1 saturated heterocycles. The van der Waals surface area contributed by atoms with Gasteiger partial charge in [0.05, 0.1) is 24.5 Å². The molecule has 3 aliphatic rings. The Balaban J connectivity index is 1.24. The third kappa shape index (κ3) is 5.15. The zero-order valence-electron chi connectivity index (χ0n) is 20.2. The van der Waals surface area contributed by atoms with Crippen LogP contribution in [0.5, 0.6) is 0 Å². The number of carbonyl (C=O) groups is 1. The molecule has 0 saturated carbocycles. The number of ether oxygens (including phenoxy) is 2. The van der Waals surface area contributed by atoms with Crippen molar-refractivity contribution >= 4 is 22.7 Å². The van der Waals surface area contributed by atoms with Crippen LogP contribution in [0.2, 0.25) is 0 Å². The third-order valence-electron chi connectivity index (χ3n) is 6.66. The van der Waals surface area contributed by atoms with E-state index >= 15 is 0 Å². The van der Waals surface area contributed by atoms with Crippen LogP contribution < -0.4 is 10.6 Å². The molecule has 0 aliphatic carbocycles. The van der Waals surface area contributed by atoms with Crippen molar-refractivity contribution in [2.45, 2.75) is 25.9 Å². The molecule has 35 heavy (non-hydrogen) atoms. The molecule has 0 spiro atoms. The Morgan fingerprint density at radius 3 is 2.77 bits per heavy atom. The molecular formula is C27H31FN4O3. The molecule has 4 heterocycles. The number of fused-ring (bicyclic) bond motifs is 1. The second-order valence-corrected chi connectivity index (χ2v) is 9.55. The van der Waals surface area contributed by atoms with E-state index in [1.165, 1.54) is 12.1 Å². The number of carbonyl (C=O) groups excluding carboxylic acids is 1. The lowest BCUT2D eigenvalue weighted by Crippen LogP contribution is -2.40. The summed E-state index contributed by atoms with van der Waals surface area (Å²) in [5.74, 6) is -0.192. The van der Waals surface area contributed by atoms with Gasteiger partial charge in [-0.1, -0.05) is 6.07 Å². The minimum absolute atomic E-state index is 0.288. The molecule has 0 bridgehead atoms. The molecule has 0 unspecified atom stereocenters. The van der Waals surface area contributed by atoms with Gasteiger partial charge in [-0.15, -0.1) is 0 Å². The highest BCUT2D eigenvalue weighted by atomic mass is 19.1. The smallest absolute Gasteiger partial charge is 0.260 e. The lowest BCUT2D eigenvalue weighted by atomic mass is 9.93. The number of allylic oxidation sites excluding steroid dienone is 1. The molecule has 7 nitrogen and oxygen atoms in total. The molecule has 3 aliphatic heterocycles. The molecule has 0 atom stereocenters. The number of rotatable bonds is 7. The van der Waals surface area contributed by atoms with Crippen LogP contribution in [0.25, 0.3) is 11.1 Å². The average Bonchev–Trinajstić information content (AvgIpc) is 3.33. The predicted molar refractivity (Wildman–Crippen MR) is 133 cm³/mol. The van der Waals surface area contributed by atoms with Crippen molar-refractivity contribution < 1.29 is 18.7 Å². The van der Waals surface area contributed by atoms with Gasteiger partial charge in [0.15, 0.2) is 0 Å². The lowest BCUT2D eigenvalue weighted by Gasteiger charge is -2.26. The van der Waals surface area contributed by atoms with Gasteiger partial charge < -0.3 is 20.1 Å². The standard InChI is InChI=1S/C27H31FN4O3/c1-27(2)22(16-24(35-27)25-21-6-4-19(28)15-23(21)31-26(25)33)18-3-5-20(30-17-18)7-8-29-9-10-32-11-13-34-14-12-32/h3-6,15-17,29H,7-14H2,1-2H3,(H,31,33). The number of nitrogens with zero attached hydrogens (tertiary/aromatic N) is 2. The fourth-order valence-electron chi connectivity index (χ4n) is 4.74. The topological polar surface area (TPSA) is 75.7 Å². The van der Waals surface area contributed by atoms with E-state index in [0.29, 0.717) is 22.6 Å². The molecule has 1 amide bonds. The van der Waals surface area contributed by atoms with Crippen LogP contribution in [-0.4, -0.2) is 67.3 Å². The van der Waals surface area contributed by atoms with Crippen molar-refractivity contribution in [2.75, 3.05) is 51.3 Å². The first-order valence-corrected chi connectivity index (χ1v) is 12.1. The largest absolute Gasteiger partial charge is 0.482 e. The Morgan fingerprint density at radius 2 is 2.00 bits per heavy atom. The van der Waals surface area contributed by atoms with Crippen LogP contribution in [0.3, 0.4) is 0 Å². The zero-order valence-corrected chi connectivity index (χ0v) is 20.2. The van der Waals surface area contributed by atoms with Crippen LogP contribution in [-0.2, 0) is 20.7 Å². The highest BCUT2D eigenvalue weighted by molar-refractivity contribution is 6.32. The van der Waals surface area contributed by atoms with Gasteiger partial charge in [-0.3, -0.25) is 14.7 Å². The van der Waals surface area contributed by atoms with Crippen LogP contribution in [0, 0.1) is 5.82 Å². The van der Waals surface area contributed by atoms with E-state index in [2.05, 4.69) is 26.6 Å². The average molecular weight is 479 g/mol. The van der Waals surface area contributed by atoms with Crippen LogP contribution in [0.15, 0.2) is 48.4 Å².